The maximum atomic E-state index is 12.1. The van der Waals surface area contributed by atoms with Crippen molar-refractivity contribution < 1.29 is 4.79 Å². The minimum absolute atomic E-state index is 0.0359. The highest BCUT2D eigenvalue weighted by molar-refractivity contribution is 8.03. The third kappa shape index (κ3) is 5.91. The van der Waals surface area contributed by atoms with E-state index in [4.69, 9.17) is 0 Å². The number of hydrogen-bond acceptors (Lipinski definition) is 7. The fraction of sp³-hybridized carbons (Fsp3) is 0.500. The van der Waals surface area contributed by atoms with Crippen molar-refractivity contribution in [3.05, 3.63) is 22.4 Å². The van der Waals surface area contributed by atoms with E-state index in [2.05, 4.69) is 22.4 Å². The van der Waals surface area contributed by atoms with E-state index in [1.165, 1.54) is 24.6 Å². The van der Waals surface area contributed by atoms with Crippen molar-refractivity contribution in [3.8, 4) is 0 Å². The van der Waals surface area contributed by atoms with E-state index in [-0.39, 0.29) is 11.2 Å². The highest BCUT2D eigenvalue weighted by Crippen LogP contribution is 2.31. The number of carbonyl (C=O) groups is 1. The summed E-state index contributed by atoms with van der Waals surface area (Å²) in [5, 5.41) is 13.1. The van der Waals surface area contributed by atoms with Crippen LogP contribution in [0.3, 0.4) is 0 Å². The van der Waals surface area contributed by atoms with Gasteiger partial charge in [-0.2, -0.15) is 0 Å². The molecule has 0 radical (unpaired) electrons. The number of rotatable bonds is 9. The predicted octanol–water partition coefficient (Wildman–Crippen LogP) is 4.29. The van der Waals surface area contributed by atoms with Gasteiger partial charge in [-0.15, -0.1) is 21.5 Å². The van der Waals surface area contributed by atoms with E-state index >= 15 is 0 Å². The number of amides is 1. The van der Waals surface area contributed by atoms with E-state index in [0.29, 0.717) is 6.54 Å². The molecule has 1 N–H and O–H groups in total. The fourth-order valence-electron chi connectivity index (χ4n) is 1.54. The van der Waals surface area contributed by atoms with Gasteiger partial charge in [-0.3, -0.25) is 4.79 Å². The SMILES string of the molecule is CCCCSc1nnc(SC(C)C(=O)NCc2cccs2)s1. The van der Waals surface area contributed by atoms with Gasteiger partial charge in [0.1, 0.15) is 0 Å². The Labute approximate surface area is 147 Å². The zero-order valence-electron chi connectivity index (χ0n) is 12.6. The number of nitrogens with one attached hydrogen (secondary N) is 1. The zero-order chi connectivity index (χ0) is 15.8. The number of hydrogen-bond donors (Lipinski definition) is 1. The van der Waals surface area contributed by atoms with Gasteiger partial charge in [0.15, 0.2) is 8.68 Å². The van der Waals surface area contributed by atoms with Gasteiger partial charge in [0.25, 0.3) is 0 Å². The number of thioether (sulfide) groups is 2. The van der Waals surface area contributed by atoms with Gasteiger partial charge in [0.05, 0.1) is 11.8 Å². The van der Waals surface area contributed by atoms with E-state index < -0.39 is 0 Å². The zero-order valence-corrected chi connectivity index (χ0v) is 15.8. The minimum Gasteiger partial charge on any atom is -0.350 e. The molecule has 120 valence electrons. The summed E-state index contributed by atoms with van der Waals surface area (Å²) in [6.07, 6.45) is 2.38. The Bertz CT molecular complexity index is 570. The first-order chi connectivity index (χ1) is 10.7. The number of unbranched alkanes of at least 4 members (excludes halogenated alkanes) is 1. The lowest BCUT2D eigenvalue weighted by Crippen LogP contribution is -2.30. The molecule has 1 atom stereocenters. The molecule has 4 nitrogen and oxygen atoms in total. The Hall–Kier alpha value is -0.570. The van der Waals surface area contributed by atoms with Crippen LogP contribution in [0.5, 0.6) is 0 Å². The molecule has 2 rings (SSSR count). The summed E-state index contributed by atoms with van der Waals surface area (Å²) in [6, 6.07) is 4.01. The van der Waals surface area contributed by atoms with Gasteiger partial charge >= 0.3 is 0 Å². The normalized spacial score (nSPS) is 12.3. The molecule has 22 heavy (non-hydrogen) atoms. The molecule has 0 aliphatic heterocycles. The predicted molar refractivity (Wildman–Crippen MR) is 97.0 cm³/mol. The van der Waals surface area contributed by atoms with Crippen molar-refractivity contribution in [1.29, 1.82) is 0 Å². The molecule has 2 aromatic rings. The largest absolute Gasteiger partial charge is 0.350 e. The van der Waals surface area contributed by atoms with Crippen LogP contribution in [-0.2, 0) is 11.3 Å². The van der Waals surface area contributed by atoms with Crippen molar-refractivity contribution in [1.82, 2.24) is 15.5 Å². The molecule has 1 unspecified atom stereocenters. The quantitative estimate of drug-likeness (QED) is 0.525. The summed E-state index contributed by atoms with van der Waals surface area (Å²) < 4.78 is 1.85. The van der Waals surface area contributed by atoms with E-state index in [0.717, 1.165) is 19.3 Å². The highest BCUT2D eigenvalue weighted by Gasteiger charge is 2.17. The number of thiophene rings is 1. The molecule has 1 amide bonds. The molecular formula is C14H19N3OS4. The topological polar surface area (TPSA) is 54.9 Å². The second kappa shape index (κ2) is 9.54. The second-order valence-electron chi connectivity index (χ2n) is 4.59. The molecule has 2 heterocycles. The molecule has 0 saturated carbocycles. The van der Waals surface area contributed by atoms with E-state index in [1.807, 2.05) is 24.4 Å². The summed E-state index contributed by atoms with van der Waals surface area (Å²) in [6.45, 7) is 4.67. The molecule has 0 spiro atoms. The van der Waals surface area contributed by atoms with Crippen LogP contribution in [0.15, 0.2) is 26.2 Å². The number of aromatic nitrogens is 2. The Morgan fingerprint density at radius 1 is 1.41 bits per heavy atom. The summed E-state index contributed by atoms with van der Waals surface area (Å²) in [5.41, 5.74) is 0. The van der Waals surface area contributed by atoms with Crippen molar-refractivity contribution in [3.63, 3.8) is 0 Å². The van der Waals surface area contributed by atoms with Gasteiger partial charge in [-0.1, -0.05) is 54.3 Å². The lowest BCUT2D eigenvalue weighted by atomic mass is 10.4. The van der Waals surface area contributed by atoms with Gasteiger partial charge in [-0.25, -0.2) is 0 Å². The Morgan fingerprint density at radius 2 is 2.23 bits per heavy atom. The Balaban J connectivity index is 1.75. The number of nitrogens with zero attached hydrogens (tertiary/aromatic N) is 2. The maximum Gasteiger partial charge on any atom is 0.233 e. The van der Waals surface area contributed by atoms with Crippen LogP contribution >= 0.6 is 46.2 Å². The first-order valence-corrected chi connectivity index (χ1v) is 10.7. The summed E-state index contributed by atoms with van der Waals surface area (Å²) >= 11 is 6.43. The summed E-state index contributed by atoms with van der Waals surface area (Å²) in [7, 11) is 0. The first kappa shape index (κ1) is 17.8. The summed E-state index contributed by atoms with van der Waals surface area (Å²) in [4.78, 5) is 13.2. The smallest absolute Gasteiger partial charge is 0.233 e. The molecule has 0 fully saturated rings. The fourth-order valence-corrected chi connectivity index (χ4v) is 5.53. The maximum absolute atomic E-state index is 12.1. The molecule has 2 aromatic heterocycles. The van der Waals surface area contributed by atoms with Crippen molar-refractivity contribution in [2.75, 3.05) is 5.75 Å². The monoisotopic (exact) mass is 373 g/mol. The van der Waals surface area contributed by atoms with Gasteiger partial charge in [-0.05, 0) is 24.8 Å². The average molecular weight is 374 g/mol. The first-order valence-electron chi connectivity index (χ1n) is 7.12. The van der Waals surface area contributed by atoms with E-state index in [9.17, 15) is 4.79 Å². The Morgan fingerprint density at radius 3 is 2.95 bits per heavy atom. The van der Waals surface area contributed by atoms with Crippen molar-refractivity contribution >= 4 is 52.1 Å². The van der Waals surface area contributed by atoms with Crippen LogP contribution in [0.2, 0.25) is 0 Å². The molecule has 0 saturated heterocycles. The van der Waals surface area contributed by atoms with Gasteiger partial charge in [0.2, 0.25) is 5.91 Å². The molecule has 0 aliphatic carbocycles. The van der Waals surface area contributed by atoms with Gasteiger partial charge < -0.3 is 5.32 Å². The van der Waals surface area contributed by atoms with Crippen LogP contribution < -0.4 is 5.32 Å². The van der Waals surface area contributed by atoms with Gasteiger partial charge in [0, 0.05) is 10.6 Å². The van der Waals surface area contributed by atoms with E-state index in [1.54, 1.807) is 34.4 Å². The van der Waals surface area contributed by atoms with Crippen LogP contribution in [0.4, 0.5) is 0 Å². The standard InChI is InChI=1S/C14H19N3OS4/c1-3-4-7-20-13-16-17-14(22-13)21-10(2)12(18)15-9-11-6-5-8-19-11/h5-6,8,10H,3-4,7,9H2,1-2H3,(H,15,18). The lowest BCUT2D eigenvalue weighted by Gasteiger charge is -2.09. The van der Waals surface area contributed by atoms with Crippen LogP contribution in [0.25, 0.3) is 0 Å². The third-order valence-electron chi connectivity index (χ3n) is 2.78. The summed E-state index contributed by atoms with van der Waals surface area (Å²) in [5.74, 6) is 1.11. The highest BCUT2D eigenvalue weighted by atomic mass is 32.2. The molecule has 0 bridgehead atoms. The Kier molecular flexibility index (Phi) is 7.71. The second-order valence-corrected chi connectivity index (χ2v) is 9.53. The molecular weight excluding hydrogens is 354 g/mol. The molecule has 0 aromatic carbocycles. The molecule has 8 heteroatoms. The van der Waals surface area contributed by atoms with Crippen molar-refractivity contribution in [2.45, 2.75) is 47.2 Å². The van der Waals surface area contributed by atoms with Crippen molar-refractivity contribution in [2.24, 2.45) is 0 Å². The number of carbonyl (C=O) groups excluding carboxylic acids is 1. The molecule has 0 aliphatic rings. The average Bonchev–Trinajstić information content (AvgIpc) is 3.17. The lowest BCUT2D eigenvalue weighted by molar-refractivity contribution is -0.120. The minimum atomic E-state index is -0.165. The van der Waals surface area contributed by atoms with Crippen LogP contribution in [0, 0.1) is 0 Å². The van der Waals surface area contributed by atoms with Crippen LogP contribution in [-0.4, -0.2) is 27.1 Å². The third-order valence-corrected chi connectivity index (χ3v) is 6.98. The van der Waals surface area contributed by atoms with Crippen LogP contribution in [0.1, 0.15) is 31.6 Å².